The van der Waals surface area contributed by atoms with Crippen LogP contribution < -0.4 is 0 Å². The van der Waals surface area contributed by atoms with Gasteiger partial charge in [0.1, 0.15) is 0 Å². The maximum Gasteiger partial charge on any atom is -0.0237 e. The zero-order valence-electron chi connectivity index (χ0n) is 11.6. The third-order valence-electron chi connectivity index (χ3n) is 4.74. The van der Waals surface area contributed by atoms with Gasteiger partial charge in [-0.05, 0) is 37.0 Å². The first-order chi connectivity index (χ1) is 7.69. The lowest BCUT2D eigenvalue weighted by atomic mass is 9.83. The second kappa shape index (κ2) is 7.14. The molecule has 1 aliphatic carbocycles. The Labute approximate surface area is 103 Å². The minimum atomic E-state index is 0.723. The van der Waals surface area contributed by atoms with Gasteiger partial charge in [-0.3, -0.25) is 0 Å². The van der Waals surface area contributed by atoms with Gasteiger partial charge < -0.3 is 0 Å². The largest absolute Gasteiger partial charge is 0.0996 e. The molecule has 0 saturated heterocycles. The normalized spacial score (nSPS) is 20.9. The second-order valence-corrected chi connectivity index (χ2v) is 5.72. The fourth-order valence-electron chi connectivity index (χ4n) is 3.11. The Bertz CT molecular complexity index is 198. The average molecular weight is 222 g/mol. The van der Waals surface area contributed by atoms with Crippen LogP contribution >= 0.6 is 0 Å². The molecule has 0 bridgehead atoms. The molecular formula is C16H30. The Balaban J connectivity index is 2.30. The van der Waals surface area contributed by atoms with Crippen molar-refractivity contribution >= 4 is 0 Å². The summed E-state index contributed by atoms with van der Waals surface area (Å²) in [6.07, 6.45) is 11.2. The topological polar surface area (TPSA) is 0 Å². The standard InChI is InChI=1S/C16H30/c1-5-13(3)14(4)11-12-15(6-2)16-9-7-8-10-16/h13,15-16H,4-12H2,1-3H3. The third kappa shape index (κ3) is 3.96. The molecule has 1 saturated carbocycles. The highest BCUT2D eigenvalue weighted by atomic mass is 14.3. The lowest BCUT2D eigenvalue weighted by Gasteiger charge is -2.23. The first kappa shape index (κ1) is 13.8. The van der Waals surface area contributed by atoms with E-state index in [0.717, 1.165) is 17.8 Å². The van der Waals surface area contributed by atoms with Gasteiger partial charge in [0, 0.05) is 0 Å². The number of hydrogen-bond acceptors (Lipinski definition) is 0. The van der Waals surface area contributed by atoms with Crippen molar-refractivity contribution in [2.75, 3.05) is 0 Å². The maximum atomic E-state index is 4.26. The molecule has 0 aliphatic heterocycles. The van der Waals surface area contributed by atoms with Crippen LogP contribution in [0.3, 0.4) is 0 Å². The number of hydrogen-bond donors (Lipinski definition) is 0. The van der Waals surface area contributed by atoms with E-state index < -0.39 is 0 Å². The number of rotatable bonds is 7. The highest BCUT2D eigenvalue weighted by Crippen LogP contribution is 2.36. The lowest BCUT2D eigenvalue weighted by molar-refractivity contribution is 0.306. The minimum Gasteiger partial charge on any atom is -0.0996 e. The molecule has 0 spiro atoms. The molecule has 0 aromatic heterocycles. The molecule has 0 aromatic rings. The molecule has 1 aliphatic rings. The van der Waals surface area contributed by atoms with Crippen molar-refractivity contribution in [2.24, 2.45) is 17.8 Å². The van der Waals surface area contributed by atoms with Crippen LogP contribution in [0, 0.1) is 17.8 Å². The molecule has 94 valence electrons. The van der Waals surface area contributed by atoms with Crippen molar-refractivity contribution < 1.29 is 0 Å². The molecular weight excluding hydrogens is 192 g/mol. The SMILES string of the molecule is C=C(CCC(CC)C1CCCC1)C(C)CC. The molecule has 1 fully saturated rings. The van der Waals surface area contributed by atoms with Gasteiger partial charge in [-0.1, -0.05) is 65.0 Å². The molecule has 0 heteroatoms. The first-order valence-electron chi connectivity index (χ1n) is 7.36. The zero-order valence-corrected chi connectivity index (χ0v) is 11.6. The Kier molecular flexibility index (Phi) is 6.16. The summed E-state index contributed by atoms with van der Waals surface area (Å²) in [5.41, 5.74) is 1.49. The van der Waals surface area contributed by atoms with E-state index in [1.165, 1.54) is 56.9 Å². The summed E-state index contributed by atoms with van der Waals surface area (Å²) in [5.74, 6) is 2.74. The van der Waals surface area contributed by atoms with Gasteiger partial charge in [0.25, 0.3) is 0 Å². The Hall–Kier alpha value is -0.260. The Morgan fingerprint density at radius 1 is 1.19 bits per heavy atom. The van der Waals surface area contributed by atoms with Gasteiger partial charge in [0.05, 0.1) is 0 Å². The average Bonchev–Trinajstić information content (AvgIpc) is 2.82. The van der Waals surface area contributed by atoms with Crippen LogP contribution in [-0.2, 0) is 0 Å². The molecule has 16 heavy (non-hydrogen) atoms. The van der Waals surface area contributed by atoms with E-state index in [2.05, 4.69) is 27.4 Å². The maximum absolute atomic E-state index is 4.26. The van der Waals surface area contributed by atoms with Crippen LogP contribution in [0.4, 0.5) is 0 Å². The summed E-state index contributed by atoms with van der Waals surface area (Å²) in [4.78, 5) is 0. The van der Waals surface area contributed by atoms with Crippen LogP contribution in [0.25, 0.3) is 0 Å². The predicted octanol–water partition coefficient (Wildman–Crippen LogP) is 5.59. The van der Waals surface area contributed by atoms with Gasteiger partial charge in [-0.25, -0.2) is 0 Å². The van der Waals surface area contributed by atoms with E-state index >= 15 is 0 Å². The predicted molar refractivity (Wildman–Crippen MR) is 73.6 cm³/mol. The van der Waals surface area contributed by atoms with Crippen molar-refractivity contribution in [1.29, 1.82) is 0 Å². The summed E-state index contributed by atoms with van der Waals surface area (Å²) >= 11 is 0. The highest BCUT2D eigenvalue weighted by Gasteiger charge is 2.23. The Morgan fingerprint density at radius 3 is 2.31 bits per heavy atom. The fourth-order valence-corrected chi connectivity index (χ4v) is 3.11. The van der Waals surface area contributed by atoms with Crippen molar-refractivity contribution in [3.63, 3.8) is 0 Å². The second-order valence-electron chi connectivity index (χ2n) is 5.72. The summed E-state index contributed by atoms with van der Waals surface area (Å²) in [5, 5.41) is 0. The van der Waals surface area contributed by atoms with Gasteiger partial charge in [0.2, 0.25) is 0 Å². The van der Waals surface area contributed by atoms with Gasteiger partial charge >= 0.3 is 0 Å². The molecule has 0 N–H and O–H groups in total. The molecule has 1 rings (SSSR count). The molecule has 0 aromatic carbocycles. The van der Waals surface area contributed by atoms with Gasteiger partial charge in [0.15, 0.2) is 0 Å². The van der Waals surface area contributed by atoms with Crippen LogP contribution in [0.2, 0.25) is 0 Å². The molecule has 0 heterocycles. The van der Waals surface area contributed by atoms with E-state index in [1.807, 2.05) is 0 Å². The molecule has 0 nitrogen and oxygen atoms in total. The molecule has 2 atom stereocenters. The summed E-state index contributed by atoms with van der Waals surface area (Å²) in [7, 11) is 0. The van der Waals surface area contributed by atoms with Crippen molar-refractivity contribution in [3.05, 3.63) is 12.2 Å². The molecule has 0 radical (unpaired) electrons. The Morgan fingerprint density at radius 2 is 1.81 bits per heavy atom. The zero-order chi connectivity index (χ0) is 12.0. The highest BCUT2D eigenvalue weighted by molar-refractivity contribution is 4.99. The van der Waals surface area contributed by atoms with Crippen LogP contribution in [0.1, 0.15) is 72.1 Å². The van der Waals surface area contributed by atoms with E-state index in [1.54, 1.807) is 0 Å². The van der Waals surface area contributed by atoms with Crippen LogP contribution in [-0.4, -0.2) is 0 Å². The van der Waals surface area contributed by atoms with E-state index in [4.69, 9.17) is 0 Å². The summed E-state index contributed by atoms with van der Waals surface area (Å²) in [6, 6.07) is 0. The van der Waals surface area contributed by atoms with Crippen LogP contribution in [0.15, 0.2) is 12.2 Å². The van der Waals surface area contributed by atoms with Crippen molar-refractivity contribution in [1.82, 2.24) is 0 Å². The fraction of sp³-hybridized carbons (Fsp3) is 0.875. The molecule has 2 unspecified atom stereocenters. The van der Waals surface area contributed by atoms with Gasteiger partial charge in [-0.2, -0.15) is 0 Å². The van der Waals surface area contributed by atoms with Gasteiger partial charge in [-0.15, -0.1) is 0 Å². The van der Waals surface area contributed by atoms with Crippen LogP contribution in [0.5, 0.6) is 0 Å². The van der Waals surface area contributed by atoms with Crippen molar-refractivity contribution in [3.8, 4) is 0 Å². The number of allylic oxidation sites excluding steroid dienone is 1. The smallest absolute Gasteiger partial charge is 0.0237 e. The quantitative estimate of drug-likeness (QED) is 0.493. The summed E-state index contributed by atoms with van der Waals surface area (Å²) in [6.45, 7) is 11.2. The van der Waals surface area contributed by atoms with Crippen molar-refractivity contribution in [2.45, 2.75) is 72.1 Å². The lowest BCUT2D eigenvalue weighted by Crippen LogP contribution is -2.11. The summed E-state index contributed by atoms with van der Waals surface area (Å²) < 4.78 is 0. The minimum absolute atomic E-state index is 0.723. The third-order valence-corrected chi connectivity index (χ3v) is 4.74. The molecule has 0 amide bonds. The van der Waals surface area contributed by atoms with E-state index in [0.29, 0.717) is 0 Å². The first-order valence-corrected chi connectivity index (χ1v) is 7.36. The monoisotopic (exact) mass is 222 g/mol. The van der Waals surface area contributed by atoms with E-state index in [9.17, 15) is 0 Å². The van der Waals surface area contributed by atoms with E-state index in [-0.39, 0.29) is 0 Å².